The number of thioether (sulfide) groups is 1. The second-order valence-corrected chi connectivity index (χ2v) is 14.2. The Balaban J connectivity index is 1.61. The third-order valence-electron chi connectivity index (χ3n) is 9.36. The van der Waals surface area contributed by atoms with Crippen LogP contribution in [-0.2, 0) is 29.9 Å². The number of anilines is 1. The fraction of sp³-hybridized carbons (Fsp3) is 0.528. The van der Waals surface area contributed by atoms with Crippen molar-refractivity contribution in [3.63, 3.8) is 0 Å². The summed E-state index contributed by atoms with van der Waals surface area (Å²) in [5, 5.41) is 15.4. The van der Waals surface area contributed by atoms with Gasteiger partial charge in [-0.3, -0.25) is 4.79 Å². The van der Waals surface area contributed by atoms with E-state index in [9.17, 15) is 44.3 Å². The number of aromatic nitrogens is 2. The molecule has 0 saturated heterocycles. The molecular formula is C36H41F9N4O3S. The van der Waals surface area contributed by atoms with Crippen LogP contribution in [0.1, 0.15) is 97.0 Å². The van der Waals surface area contributed by atoms with E-state index in [1.54, 1.807) is 0 Å². The van der Waals surface area contributed by atoms with Crippen LogP contribution in [0.15, 0.2) is 42.6 Å². The number of nitrogens with zero attached hydrogens (tertiary/aromatic N) is 2. The predicted molar refractivity (Wildman–Crippen MR) is 183 cm³/mol. The van der Waals surface area contributed by atoms with Crippen molar-refractivity contribution in [3.8, 4) is 5.75 Å². The summed E-state index contributed by atoms with van der Waals surface area (Å²) < 4.78 is 129. The van der Waals surface area contributed by atoms with Crippen molar-refractivity contribution in [2.75, 3.05) is 30.5 Å². The zero-order chi connectivity index (χ0) is 39.1. The van der Waals surface area contributed by atoms with Crippen LogP contribution in [0.3, 0.4) is 0 Å². The van der Waals surface area contributed by atoms with Gasteiger partial charge < -0.3 is 20.5 Å². The molecule has 1 aromatic heterocycles. The standard InChI is InChI=1S/C36H41F9N4O3S/c1-20(24-13-27(35(40,41)42)16-28(14-24)36(43,44)45)32-30(52-10-11-53-3)19-48-33(49-32)47-18-25-15-26(34(37,38)39)8-9-29(25)21(2)46-17-23-6-4-22(5-7-23)12-31(50)51/h8-9,13-16,19-23,46H,4-7,10-12,17-18H2,1-3H3,(H,50,51)(H,47,48,49)/t20-,21?,22?,23?/m0/s1. The van der Waals surface area contributed by atoms with E-state index in [-0.39, 0.29) is 66.0 Å². The Bertz CT molecular complexity index is 1660. The zero-order valence-electron chi connectivity index (χ0n) is 29.2. The topological polar surface area (TPSA) is 96.4 Å². The van der Waals surface area contributed by atoms with Gasteiger partial charge in [-0.05, 0) is 104 Å². The number of carbonyl (C=O) groups is 1. The summed E-state index contributed by atoms with van der Waals surface area (Å²) in [5.41, 5.74) is -3.40. The molecular weight excluding hydrogens is 739 g/mol. The van der Waals surface area contributed by atoms with Crippen LogP contribution < -0.4 is 15.4 Å². The first-order valence-corrected chi connectivity index (χ1v) is 18.3. The maximum atomic E-state index is 13.8. The zero-order valence-corrected chi connectivity index (χ0v) is 30.0. The minimum atomic E-state index is -5.07. The molecule has 1 fully saturated rings. The summed E-state index contributed by atoms with van der Waals surface area (Å²) >= 11 is 1.44. The summed E-state index contributed by atoms with van der Waals surface area (Å²) in [7, 11) is 0. The van der Waals surface area contributed by atoms with Crippen LogP contribution in [-0.4, -0.2) is 46.2 Å². The molecule has 7 nitrogen and oxygen atoms in total. The fourth-order valence-electron chi connectivity index (χ4n) is 6.38. The third-order valence-corrected chi connectivity index (χ3v) is 9.94. The molecule has 0 aliphatic heterocycles. The number of alkyl halides is 9. The van der Waals surface area contributed by atoms with Gasteiger partial charge in [0.25, 0.3) is 0 Å². The molecule has 1 unspecified atom stereocenters. The Morgan fingerprint density at radius 2 is 1.51 bits per heavy atom. The lowest BCUT2D eigenvalue weighted by molar-refractivity contribution is -0.143. The molecule has 3 N–H and O–H groups in total. The average molecular weight is 781 g/mol. The van der Waals surface area contributed by atoms with Gasteiger partial charge in [-0.25, -0.2) is 9.97 Å². The van der Waals surface area contributed by atoms with E-state index < -0.39 is 53.1 Å². The number of nitrogens with one attached hydrogen (secondary N) is 2. The molecule has 0 amide bonds. The number of aliphatic carboxylic acids is 1. The second-order valence-electron chi connectivity index (χ2n) is 13.2. The Hall–Kier alpha value is -3.73. The van der Waals surface area contributed by atoms with Crippen molar-refractivity contribution in [3.05, 3.63) is 81.7 Å². The highest BCUT2D eigenvalue weighted by Crippen LogP contribution is 2.40. The minimum Gasteiger partial charge on any atom is -0.489 e. The van der Waals surface area contributed by atoms with Crippen molar-refractivity contribution in [2.24, 2.45) is 11.8 Å². The summed E-state index contributed by atoms with van der Waals surface area (Å²) in [6, 6.07) is 4.24. The van der Waals surface area contributed by atoms with Crippen LogP contribution in [0.25, 0.3) is 0 Å². The lowest BCUT2D eigenvalue weighted by atomic mass is 9.80. The lowest BCUT2D eigenvalue weighted by Gasteiger charge is -2.29. The molecule has 0 bridgehead atoms. The van der Waals surface area contributed by atoms with Crippen molar-refractivity contribution in [1.29, 1.82) is 0 Å². The Morgan fingerprint density at radius 3 is 2.08 bits per heavy atom. The Labute approximate surface area is 305 Å². The molecule has 3 aromatic rings. The van der Waals surface area contributed by atoms with Gasteiger partial charge in [0.05, 0.1) is 35.2 Å². The molecule has 0 spiro atoms. The van der Waals surface area contributed by atoms with Gasteiger partial charge in [-0.2, -0.15) is 51.3 Å². The van der Waals surface area contributed by atoms with Crippen LogP contribution in [0.4, 0.5) is 45.5 Å². The van der Waals surface area contributed by atoms with Crippen LogP contribution >= 0.6 is 11.8 Å². The maximum absolute atomic E-state index is 13.8. The van der Waals surface area contributed by atoms with Crippen LogP contribution in [0, 0.1) is 11.8 Å². The SMILES string of the molecule is CSCCOc1cnc(NCc2cc(C(F)(F)F)ccc2C(C)NCC2CCC(CC(=O)O)CC2)nc1[C@@H](C)c1cc(C(F)(F)F)cc(C(F)(F)F)c1. The first-order valence-electron chi connectivity index (χ1n) is 16.9. The number of benzene rings is 2. The smallest absolute Gasteiger partial charge is 0.416 e. The molecule has 1 aliphatic carbocycles. The predicted octanol–water partition coefficient (Wildman–Crippen LogP) is 9.97. The minimum absolute atomic E-state index is 0.0200. The number of hydrogen-bond acceptors (Lipinski definition) is 7. The first-order chi connectivity index (χ1) is 24.8. The molecule has 0 radical (unpaired) electrons. The summed E-state index contributed by atoms with van der Waals surface area (Å²) in [4.78, 5) is 19.7. The molecule has 17 heteroatoms. The van der Waals surface area contributed by atoms with Gasteiger partial charge in [-0.1, -0.05) is 13.0 Å². The van der Waals surface area contributed by atoms with Crippen molar-refractivity contribution in [2.45, 2.75) is 83.0 Å². The molecule has 4 rings (SSSR count). The largest absolute Gasteiger partial charge is 0.489 e. The average Bonchev–Trinajstić information content (AvgIpc) is 3.08. The normalized spacial score (nSPS) is 18.0. The summed E-state index contributed by atoms with van der Waals surface area (Å²) in [5.74, 6) is -1.19. The molecule has 1 saturated carbocycles. The van der Waals surface area contributed by atoms with Gasteiger partial charge in [0, 0.05) is 30.7 Å². The number of rotatable bonds is 15. The highest BCUT2D eigenvalue weighted by Gasteiger charge is 2.38. The fourth-order valence-corrected chi connectivity index (χ4v) is 6.63. The highest BCUT2D eigenvalue weighted by atomic mass is 32.2. The van der Waals surface area contributed by atoms with E-state index >= 15 is 0 Å². The van der Waals surface area contributed by atoms with E-state index in [1.807, 2.05) is 13.2 Å². The highest BCUT2D eigenvalue weighted by molar-refractivity contribution is 7.98. The summed E-state index contributed by atoms with van der Waals surface area (Å²) in [6.45, 7) is 3.69. The Morgan fingerprint density at radius 1 is 0.906 bits per heavy atom. The van der Waals surface area contributed by atoms with Gasteiger partial charge in [0.15, 0.2) is 5.75 Å². The quantitative estimate of drug-likeness (QED) is 0.104. The number of carboxylic acid groups (broad SMARTS) is 1. The third kappa shape index (κ3) is 11.9. The van der Waals surface area contributed by atoms with Crippen LogP contribution in [0.2, 0.25) is 0 Å². The number of ether oxygens (including phenoxy) is 1. The van der Waals surface area contributed by atoms with Gasteiger partial charge >= 0.3 is 24.5 Å². The Kier molecular flexibility index (Phi) is 14.0. The monoisotopic (exact) mass is 780 g/mol. The van der Waals surface area contributed by atoms with Gasteiger partial charge in [0.2, 0.25) is 5.95 Å². The first kappa shape index (κ1) is 42.0. The molecule has 1 aliphatic rings. The van der Waals surface area contributed by atoms with E-state index in [0.717, 1.165) is 37.8 Å². The van der Waals surface area contributed by atoms with E-state index in [0.29, 0.717) is 30.0 Å². The van der Waals surface area contributed by atoms with Crippen molar-refractivity contribution >= 4 is 23.7 Å². The summed E-state index contributed by atoms with van der Waals surface area (Å²) in [6.07, 6.45) is -8.41. The molecule has 292 valence electrons. The van der Waals surface area contributed by atoms with Crippen molar-refractivity contribution in [1.82, 2.24) is 15.3 Å². The molecule has 2 aromatic carbocycles. The maximum Gasteiger partial charge on any atom is 0.416 e. The number of hydrogen-bond donors (Lipinski definition) is 3. The molecule has 1 heterocycles. The number of carboxylic acids is 1. The van der Waals surface area contributed by atoms with Gasteiger partial charge in [-0.15, -0.1) is 0 Å². The van der Waals surface area contributed by atoms with Gasteiger partial charge in [0.1, 0.15) is 0 Å². The second kappa shape index (κ2) is 17.6. The number of halogens is 9. The van der Waals surface area contributed by atoms with E-state index in [2.05, 4.69) is 20.6 Å². The van der Waals surface area contributed by atoms with Crippen molar-refractivity contribution < 1.29 is 54.2 Å². The molecule has 53 heavy (non-hydrogen) atoms. The van der Waals surface area contributed by atoms with Crippen LogP contribution in [0.5, 0.6) is 5.75 Å². The molecule has 2 atom stereocenters. The lowest BCUT2D eigenvalue weighted by Crippen LogP contribution is -2.29. The van der Waals surface area contributed by atoms with E-state index in [4.69, 9.17) is 9.84 Å². The van der Waals surface area contributed by atoms with E-state index in [1.165, 1.54) is 30.9 Å².